The number of benzene rings is 3. The summed E-state index contributed by atoms with van der Waals surface area (Å²) in [6.07, 6.45) is 3.53. The summed E-state index contributed by atoms with van der Waals surface area (Å²) in [5.74, 6) is 0.568. The molecule has 0 fully saturated rings. The van der Waals surface area contributed by atoms with Gasteiger partial charge in [-0.05, 0) is 60.9 Å². The number of rotatable bonds is 4. The van der Waals surface area contributed by atoms with Crippen molar-refractivity contribution >= 4 is 22.8 Å². The standard InChI is InChI=1S/C27H23NO3/c1-16-6-4-7-19(13-16)28-22-14-17(2)12-18-10-11-23(30)26(25(18)22)27(28)20-8-5-9-24(31-3)21(20)15-29/h4-14,29H,15H2,1-3H3. The molecule has 0 atom stereocenters. The molecule has 0 unspecified atom stereocenters. The Morgan fingerprint density at radius 3 is 2.52 bits per heavy atom. The normalized spacial score (nSPS) is 12.6. The molecule has 0 saturated heterocycles. The van der Waals surface area contributed by atoms with E-state index in [1.54, 1.807) is 13.2 Å². The fourth-order valence-corrected chi connectivity index (χ4v) is 4.65. The van der Waals surface area contributed by atoms with Crippen LogP contribution < -0.4 is 4.74 Å². The zero-order valence-corrected chi connectivity index (χ0v) is 17.8. The fraction of sp³-hybridized carbons (Fsp3) is 0.148. The number of methoxy groups -OCH3 is 1. The lowest BCUT2D eigenvalue weighted by Gasteiger charge is -2.17. The van der Waals surface area contributed by atoms with E-state index in [0.29, 0.717) is 16.9 Å². The van der Waals surface area contributed by atoms with E-state index in [1.807, 2.05) is 30.3 Å². The minimum Gasteiger partial charge on any atom is -0.496 e. The molecule has 1 N–H and O–H groups in total. The monoisotopic (exact) mass is 409 g/mol. The number of allylic oxidation sites excluding steroid dienone is 1. The molecule has 5 rings (SSSR count). The summed E-state index contributed by atoms with van der Waals surface area (Å²) in [6.45, 7) is 3.93. The predicted molar refractivity (Wildman–Crippen MR) is 124 cm³/mol. The molecule has 0 aliphatic heterocycles. The van der Waals surface area contributed by atoms with E-state index < -0.39 is 0 Å². The van der Waals surface area contributed by atoms with Crippen LogP contribution in [0.3, 0.4) is 0 Å². The summed E-state index contributed by atoms with van der Waals surface area (Å²) in [5, 5.41) is 11.2. The first-order valence-corrected chi connectivity index (χ1v) is 10.3. The highest BCUT2D eigenvalue weighted by Gasteiger charge is 2.29. The van der Waals surface area contributed by atoms with Gasteiger partial charge in [0, 0.05) is 22.2 Å². The molecule has 154 valence electrons. The van der Waals surface area contributed by atoms with Crippen LogP contribution in [0, 0.1) is 13.8 Å². The lowest BCUT2D eigenvalue weighted by Crippen LogP contribution is -2.05. The number of aryl methyl sites for hydroxylation is 2. The smallest absolute Gasteiger partial charge is 0.188 e. The van der Waals surface area contributed by atoms with Gasteiger partial charge in [0.15, 0.2) is 5.78 Å². The zero-order valence-electron chi connectivity index (χ0n) is 17.8. The second kappa shape index (κ2) is 7.25. The van der Waals surface area contributed by atoms with Gasteiger partial charge >= 0.3 is 0 Å². The lowest BCUT2D eigenvalue weighted by atomic mass is 9.92. The Morgan fingerprint density at radius 1 is 0.968 bits per heavy atom. The highest BCUT2D eigenvalue weighted by Crippen LogP contribution is 2.43. The molecular weight excluding hydrogens is 386 g/mol. The van der Waals surface area contributed by atoms with Crippen molar-refractivity contribution in [3.63, 3.8) is 0 Å². The highest BCUT2D eigenvalue weighted by molar-refractivity contribution is 6.24. The van der Waals surface area contributed by atoms with Crippen LogP contribution in [0.2, 0.25) is 0 Å². The molecule has 1 aliphatic rings. The summed E-state index contributed by atoms with van der Waals surface area (Å²) < 4.78 is 7.67. The number of ether oxygens (including phenoxy) is 1. The van der Waals surface area contributed by atoms with E-state index >= 15 is 0 Å². The topological polar surface area (TPSA) is 51.5 Å². The highest BCUT2D eigenvalue weighted by atomic mass is 16.5. The number of aliphatic hydroxyl groups excluding tert-OH is 1. The van der Waals surface area contributed by atoms with Crippen LogP contribution in [0.5, 0.6) is 5.75 Å². The first-order chi connectivity index (χ1) is 15.0. The second-order valence-electron chi connectivity index (χ2n) is 7.99. The molecule has 1 heterocycles. The third kappa shape index (κ3) is 2.91. The minimum absolute atomic E-state index is 0.0329. The molecule has 4 aromatic rings. The number of hydrogen-bond acceptors (Lipinski definition) is 3. The van der Waals surface area contributed by atoms with E-state index in [1.165, 1.54) is 0 Å². The van der Waals surface area contributed by atoms with Crippen molar-refractivity contribution in [1.82, 2.24) is 4.57 Å². The predicted octanol–water partition coefficient (Wildman–Crippen LogP) is 5.62. The van der Waals surface area contributed by atoms with Gasteiger partial charge in [0.25, 0.3) is 0 Å². The van der Waals surface area contributed by atoms with Gasteiger partial charge in [-0.3, -0.25) is 4.79 Å². The van der Waals surface area contributed by atoms with Crippen molar-refractivity contribution in [2.45, 2.75) is 20.5 Å². The zero-order chi connectivity index (χ0) is 21.7. The Morgan fingerprint density at radius 2 is 1.77 bits per heavy atom. The van der Waals surface area contributed by atoms with Crippen molar-refractivity contribution in [3.05, 3.63) is 88.5 Å². The lowest BCUT2D eigenvalue weighted by molar-refractivity contribution is 0.104. The molecule has 0 bridgehead atoms. The molecule has 31 heavy (non-hydrogen) atoms. The summed E-state index contributed by atoms with van der Waals surface area (Å²) in [7, 11) is 1.59. The van der Waals surface area contributed by atoms with Crippen LogP contribution in [0.25, 0.3) is 33.9 Å². The third-order valence-electron chi connectivity index (χ3n) is 5.93. The molecule has 0 amide bonds. The van der Waals surface area contributed by atoms with E-state index in [9.17, 15) is 9.90 Å². The van der Waals surface area contributed by atoms with E-state index in [4.69, 9.17) is 4.74 Å². The molecule has 0 saturated carbocycles. The van der Waals surface area contributed by atoms with Crippen molar-refractivity contribution in [2.75, 3.05) is 7.11 Å². The number of nitrogens with zero attached hydrogens (tertiary/aromatic N) is 1. The number of aromatic nitrogens is 1. The number of carbonyl (C=O) groups is 1. The average Bonchev–Trinajstić information content (AvgIpc) is 3.11. The molecule has 1 aliphatic carbocycles. The van der Waals surface area contributed by atoms with Crippen LogP contribution in [0.15, 0.2) is 60.7 Å². The summed E-state index contributed by atoms with van der Waals surface area (Å²) in [5.41, 5.74) is 8.15. The van der Waals surface area contributed by atoms with E-state index in [-0.39, 0.29) is 12.4 Å². The van der Waals surface area contributed by atoms with Crippen LogP contribution in [-0.4, -0.2) is 22.6 Å². The summed E-state index contributed by atoms with van der Waals surface area (Å²) in [4.78, 5) is 13.2. The van der Waals surface area contributed by atoms with Crippen LogP contribution in [0.4, 0.5) is 0 Å². The maximum absolute atomic E-state index is 13.2. The van der Waals surface area contributed by atoms with Crippen LogP contribution in [-0.2, 0) is 6.61 Å². The Balaban J connectivity index is 2.01. The van der Waals surface area contributed by atoms with Crippen LogP contribution >= 0.6 is 0 Å². The van der Waals surface area contributed by atoms with Gasteiger partial charge < -0.3 is 14.4 Å². The maximum Gasteiger partial charge on any atom is 0.188 e. The van der Waals surface area contributed by atoms with Gasteiger partial charge in [0.2, 0.25) is 0 Å². The molecule has 0 radical (unpaired) electrons. The molecular formula is C27H23NO3. The number of hydrogen-bond donors (Lipinski definition) is 1. The second-order valence-corrected chi connectivity index (χ2v) is 7.99. The molecule has 0 spiro atoms. The van der Waals surface area contributed by atoms with Gasteiger partial charge in [-0.25, -0.2) is 0 Å². The van der Waals surface area contributed by atoms with Gasteiger partial charge in [-0.1, -0.05) is 36.4 Å². The van der Waals surface area contributed by atoms with Crippen molar-refractivity contribution in [3.8, 4) is 22.7 Å². The maximum atomic E-state index is 13.2. The average molecular weight is 409 g/mol. The van der Waals surface area contributed by atoms with Gasteiger partial charge in [0.05, 0.1) is 30.5 Å². The first kappa shape index (κ1) is 19.3. The Bertz CT molecular complexity index is 1390. The number of carbonyl (C=O) groups excluding carboxylic acids is 1. The Kier molecular flexibility index (Phi) is 4.53. The third-order valence-corrected chi connectivity index (χ3v) is 5.93. The van der Waals surface area contributed by atoms with E-state index in [2.05, 4.69) is 48.7 Å². The molecule has 4 heteroatoms. The Hall–Kier alpha value is -3.63. The fourth-order valence-electron chi connectivity index (χ4n) is 4.65. The van der Waals surface area contributed by atoms with E-state index in [0.717, 1.165) is 44.5 Å². The molecule has 3 aromatic carbocycles. The molecule has 1 aromatic heterocycles. The van der Waals surface area contributed by atoms with Crippen LogP contribution in [0.1, 0.15) is 32.6 Å². The summed E-state index contributed by atoms with van der Waals surface area (Å²) in [6, 6.07) is 18.2. The first-order valence-electron chi connectivity index (χ1n) is 10.3. The molecule has 4 nitrogen and oxygen atoms in total. The minimum atomic E-state index is -0.190. The summed E-state index contributed by atoms with van der Waals surface area (Å²) >= 11 is 0. The van der Waals surface area contributed by atoms with Gasteiger partial charge in [-0.2, -0.15) is 0 Å². The largest absolute Gasteiger partial charge is 0.496 e. The number of aliphatic hydroxyl groups is 1. The quantitative estimate of drug-likeness (QED) is 0.476. The SMILES string of the molecule is COc1cccc(-c2c3c4c(cc(C)cc4n2-c2cccc(C)c2)C=CC3=O)c1CO. The van der Waals surface area contributed by atoms with Crippen molar-refractivity contribution in [2.24, 2.45) is 0 Å². The van der Waals surface area contributed by atoms with Crippen molar-refractivity contribution in [1.29, 1.82) is 0 Å². The number of ketones is 1. The Labute approximate surface area is 181 Å². The van der Waals surface area contributed by atoms with Gasteiger partial charge in [-0.15, -0.1) is 0 Å². The van der Waals surface area contributed by atoms with Crippen molar-refractivity contribution < 1.29 is 14.6 Å². The van der Waals surface area contributed by atoms with Gasteiger partial charge in [0.1, 0.15) is 5.75 Å².